The predicted molar refractivity (Wildman–Crippen MR) is 69.2 cm³/mol. The Bertz CT molecular complexity index is 689. The molecule has 3 amide bonds. The van der Waals surface area contributed by atoms with Crippen molar-refractivity contribution in [2.24, 2.45) is 0 Å². The summed E-state index contributed by atoms with van der Waals surface area (Å²) in [5.74, 6) is -0.280. The highest BCUT2D eigenvalue weighted by molar-refractivity contribution is 6.10. The number of carbonyl (C=O) groups is 3. The van der Waals surface area contributed by atoms with Gasteiger partial charge in [0, 0.05) is 35.6 Å². The van der Waals surface area contributed by atoms with Crippen LogP contribution in [0.3, 0.4) is 0 Å². The van der Waals surface area contributed by atoms with Crippen molar-refractivity contribution in [2.75, 3.05) is 11.4 Å². The van der Waals surface area contributed by atoms with Gasteiger partial charge in [0.15, 0.2) is 0 Å². The lowest BCUT2D eigenvalue weighted by atomic mass is 10.1. The van der Waals surface area contributed by atoms with E-state index in [-0.39, 0.29) is 12.3 Å². The van der Waals surface area contributed by atoms with E-state index in [0.717, 1.165) is 17.2 Å². The summed E-state index contributed by atoms with van der Waals surface area (Å²) in [5.41, 5.74) is 1.89. The van der Waals surface area contributed by atoms with E-state index in [2.05, 4.69) is 10.3 Å². The van der Waals surface area contributed by atoms with Gasteiger partial charge >= 0.3 is 6.03 Å². The van der Waals surface area contributed by atoms with Crippen molar-refractivity contribution >= 4 is 34.8 Å². The molecule has 19 heavy (non-hydrogen) atoms. The number of anilines is 1. The largest absolute Gasteiger partial charge is 0.361 e. The smallest absolute Gasteiger partial charge is 0.328 e. The van der Waals surface area contributed by atoms with Crippen LogP contribution in [0.2, 0.25) is 0 Å². The number of imide groups is 1. The number of rotatable bonds is 2. The molecule has 0 radical (unpaired) electrons. The molecule has 0 spiro atoms. The van der Waals surface area contributed by atoms with E-state index >= 15 is 0 Å². The summed E-state index contributed by atoms with van der Waals surface area (Å²) in [4.78, 5) is 38.5. The minimum Gasteiger partial charge on any atom is -0.361 e. The van der Waals surface area contributed by atoms with Crippen molar-refractivity contribution < 1.29 is 14.4 Å². The number of amides is 3. The molecule has 96 valence electrons. The standard InChI is InChI=1S/C13H11N3O3/c17-7-8-5-10-9(1-3-14-10)11(6-8)16-4-2-12(18)15-13(16)19/h1,3,5-7,14H,2,4H2,(H,15,18,19). The first-order chi connectivity index (χ1) is 9.19. The number of aromatic amines is 1. The molecule has 1 aromatic carbocycles. The van der Waals surface area contributed by atoms with Crippen LogP contribution in [-0.2, 0) is 4.79 Å². The summed E-state index contributed by atoms with van der Waals surface area (Å²) in [5, 5.41) is 3.11. The van der Waals surface area contributed by atoms with Gasteiger partial charge in [-0.1, -0.05) is 0 Å². The molecule has 1 fully saturated rings. The first-order valence-electron chi connectivity index (χ1n) is 5.87. The van der Waals surface area contributed by atoms with Crippen LogP contribution in [0.5, 0.6) is 0 Å². The summed E-state index contributed by atoms with van der Waals surface area (Å²) in [6, 6.07) is 4.75. The molecule has 2 aromatic rings. The van der Waals surface area contributed by atoms with Gasteiger partial charge in [-0.15, -0.1) is 0 Å². The zero-order valence-corrected chi connectivity index (χ0v) is 9.97. The molecule has 0 unspecified atom stereocenters. The van der Waals surface area contributed by atoms with Crippen LogP contribution in [0.15, 0.2) is 24.4 Å². The Balaban J connectivity index is 2.13. The SMILES string of the molecule is O=Cc1cc(N2CCC(=O)NC2=O)c2cc[nH]c2c1. The molecule has 6 heteroatoms. The summed E-state index contributed by atoms with van der Waals surface area (Å²) >= 11 is 0. The molecule has 3 rings (SSSR count). The van der Waals surface area contributed by atoms with Gasteiger partial charge < -0.3 is 4.98 Å². The molecule has 0 aliphatic carbocycles. The second kappa shape index (κ2) is 4.24. The van der Waals surface area contributed by atoms with E-state index in [1.165, 1.54) is 4.90 Å². The highest BCUT2D eigenvalue weighted by Crippen LogP contribution is 2.28. The Kier molecular flexibility index (Phi) is 2.56. The van der Waals surface area contributed by atoms with Crippen LogP contribution in [-0.4, -0.2) is 29.8 Å². The fourth-order valence-corrected chi connectivity index (χ4v) is 2.25. The lowest BCUT2D eigenvalue weighted by Crippen LogP contribution is -2.49. The fourth-order valence-electron chi connectivity index (χ4n) is 2.25. The maximum absolute atomic E-state index is 11.9. The molecule has 6 nitrogen and oxygen atoms in total. The zero-order valence-electron chi connectivity index (χ0n) is 9.97. The normalized spacial score (nSPS) is 15.7. The topological polar surface area (TPSA) is 82.3 Å². The maximum atomic E-state index is 11.9. The molecule has 2 N–H and O–H groups in total. The van der Waals surface area contributed by atoms with Gasteiger partial charge in [-0.3, -0.25) is 19.8 Å². The summed E-state index contributed by atoms with van der Waals surface area (Å²) in [7, 11) is 0. The number of urea groups is 1. The summed E-state index contributed by atoms with van der Waals surface area (Å²) < 4.78 is 0. The minimum atomic E-state index is -0.457. The highest BCUT2D eigenvalue weighted by atomic mass is 16.2. The third-order valence-electron chi connectivity index (χ3n) is 3.15. The van der Waals surface area contributed by atoms with Gasteiger partial charge in [0.1, 0.15) is 6.29 Å². The third-order valence-corrected chi connectivity index (χ3v) is 3.15. The average molecular weight is 257 g/mol. The van der Waals surface area contributed by atoms with Gasteiger partial charge in [0.05, 0.1) is 5.69 Å². The number of aromatic nitrogens is 1. The Hall–Kier alpha value is -2.63. The molecule has 0 atom stereocenters. The average Bonchev–Trinajstić information content (AvgIpc) is 2.86. The number of nitrogens with zero attached hydrogens (tertiary/aromatic N) is 1. The fraction of sp³-hybridized carbons (Fsp3) is 0.154. The van der Waals surface area contributed by atoms with E-state index in [0.29, 0.717) is 17.8 Å². The summed E-state index contributed by atoms with van der Waals surface area (Å²) in [6.45, 7) is 0.313. The lowest BCUT2D eigenvalue weighted by molar-refractivity contribution is -0.120. The van der Waals surface area contributed by atoms with Crippen molar-refractivity contribution in [1.82, 2.24) is 10.3 Å². The number of nitrogens with one attached hydrogen (secondary N) is 2. The molecule has 1 aromatic heterocycles. The lowest BCUT2D eigenvalue weighted by Gasteiger charge is -2.27. The Morgan fingerprint density at radius 1 is 1.26 bits per heavy atom. The van der Waals surface area contributed by atoms with E-state index in [9.17, 15) is 14.4 Å². The van der Waals surface area contributed by atoms with Crippen molar-refractivity contribution in [3.8, 4) is 0 Å². The van der Waals surface area contributed by atoms with Crippen LogP contribution in [0.25, 0.3) is 10.9 Å². The van der Waals surface area contributed by atoms with Crippen LogP contribution in [0.1, 0.15) is 16.8 Å². The minimum absolute atomic E-state index is 0.253. The Morgan fingerprint density at radius 3 is 2.84 bits per heavy atom. The molecule has 2 heterocycles. The van der Waals surface area contributed by atoms with Crippen LogP contribution in [0.4, 0.5) is 10.5 Å². The number of fused-ring (bicyclic) bond motifs is 1. The number of hydrogen-bond acceptors (Lipinski definition) is 3. The van der Waals surface area contributed by atoms with Gasteiger partial charge in [0.25, 0.3) is 0 Å². The van der Waals surface area contributed by atoms with Gasteiger partial charge in [-0.2, -0.15) is 0 Å². The quantitative estimate of drug-likeness (QED) is 0.798. The van der Waals surface area contributed by atoms with Gasteiger partial charge in [-0.05, 0) is 18.2 Å². The van der Waals surface area contributed by atoms with Crippen LogP contribution < -0.4 is 10.2 Å². The van der Waals surface area contributed by atoms with Crippen LogP contribution >= 0.6 is 0 Å². The predicted octanol–water partition coefficient (Wildman–Crippen LogP) is 1.43. The maximum Gasteiger partial charge on any atom is 0.328 e. The van der Waals surface area contributed by atoms with Crippen molar-refractivity contribution in [3.63, 3.8) is 0 Å². The first-order valence-corrected chi connectivity index (χ1v) is 5.87. The monoisotopic (exact) mass is 257 g/mol. The Morgan fingerprint density at radius 2 is 2.11 bits per heavy atom. The molecule has 1 aliphatic rings. The second-order valence-electron chi connectivity index (χ2n) is 4.35. The van der Waals surface area contributed by atoms with Crippen LogP contribution in [0, 0.1) is 0 Å². The Labute approximate surface area is 108 Å². The van der Waals surface area contributed by atoms with E-state index in [1.807, 2.05) is 6.07 Å². The van der Waals surface area contributed by atoms with Gasteiger partial charge in [-0.25, -0.2) is 4.79 Å². The number of benzene rings is 1. The number of hydrogen-bond donors (Lipinski definition) is 2. The molecule has 0 bridgehead atoms. The van der Waals surface area contributed by atoms with Gasteiger partial charge in [0.2, 0.25) is 5.91 Å². The third kappa shape index (κ3) is 1.87. The van der Waals surface area contributed by atoms with Crippen molar-refractivity contribution in [2.45, 2.75) is 6.42 Å². The molecular weight excluding hydrogens is 246 g/mol. The molecule has 1 aliphatic heterocycles. The number of H-pyrrole nitrogens is 1. The van der Waals surface area contributed by atoms with E-state index in [4.69, 9.17) is 0 Å². The highest BCUT2D eigenvalue weighted by Gasteiger charge is 2.25. The first kappa shape index (κ1) is 11.5. The number of carbonyl (C=O) groups excluding carboxylic acids is 3. The van der Waals surface area contributed by atoms with Crippen molar-refractivity contribution in [1.29, 1.82) is 0 Å². The second-order valence-corrected chi connectivity index (χ2v) is 4.35. The number of aldehydes is 1. The molecule has 1 saturated heterocycles. The van der Waals surface area contributed by atoms with E-state index < -0.39 is 6.03 Å². The molecule has 0 saturated carbocycles. The molecular formula is C13H11N3O3. The van der Waals surface area contributed by atoms with E-state index in [1.54, 1.807) is 18.3 Å². The zero-order chi connectivity index (χ0) is 13.4. The summed E-state index contributed by atoms with van der Waals surface area (Å²) in [6.07, 6.45) is 2.73. The van der Waals surface area contributed by atoms with Crippen molar-refractivity contribution in [3.05, 3.63) is 30.0 Å².